The van der Waals surface area contributed by atoms with Crippen LogP contribution < -0.4 is 15.9 Å². The van der Waals surface area contributed by atoms with E-state index < -0.39 is 0 Å². The molecular weight excluding hydrogens is 434 g/mol. The van der Waals surface area contributed by atoms with E-state index in [1.165, 1.54) is 17.7 Å². The lowest BCUT2D eigenvalue weighted by atomic mass is 10.2. The van der Waals surface area contributed by atoms with E-state index in [2.05, 4.69) is 20.5 Å². The molecule has 156 valence electrons. The minimum Gasteiger partial charge on any atom is -0.489 e. The Morgan fingerprint density at radius 2 is 2.00 bits per heavy atom. The van der Waals surface area contributed by atoms with Crippen LogP contribution in [-0.4, -0.2) is 22.1 Å². The van der Waals surface area contributed by atoms with Gasteiger partial charge in [-0.1, -0.05) is 29.8 Å². The van der Waals surface area contributed by atoms with E-state index in [4.69, 9.17) is 22.1 Å². The summed E-state index contributed by atoms with van der Waals surface area (Å²) in [6, 6.07) is 14.9. The Balaban J connectivity index is 1.37. The minimum absolute atomic E-state index is 0.323. The molecule has 7 nitrogen and oxygen atoms in total. The number of nitrogens with one attached hydrogen (secondary N) is 1. The predicted molar refractivity (Wildman–Crippen MR) is 124 cm³/mol. The van der Waals surface area contributed by atoms with Crippen LogP contribution in [0, 0.1) is 6.92 Å². The molecule has 3 N–H and O–H groups in total. The number of halogens is 1. The maximum absolute atomic E-state index is 12.5. The summed E-state index contributed by atoms with van der Waals surface area (Å²) in [5.41, 5.74) is 10.9. The number of aryl methyl sites for hydroxylation is 1. The molecule has 0 saturated heterocycles. The first-order chi connectivity index (χ1) is 15.0. The number of aromatic nitrogens is 2. The Labute approximate surface area is 187 Å². The van der Waals surface area contributed by atoms with Crippen molar-refractivity contribution in [3.8, 4) is 5.75 Å². The fourth-order valence-electron chi connectivity index (χ4n) is 2.96. The van der Waals surface area contributed by atoms with Gasteiger partial charge in [-0.3, -0.25) is 4.79 Å². The lowest BCUT2D eigenvalue weighted by molar-refractivity contribution is 0.0958. The van der Waals surface area contributed by atoms with Crippen LogP contribution in [0.1, 0.15) is 26.4 Å². The number of amides is 1. The summed E-state index contributed by atoms with van der Waals surface area (Å²) in [4.78, 5) is 21.8. The van der Waals surface area contributed by atoms with Gasteiger partial charge in [0.25, 0.3) is 5.91 Å². The number of nitrogens with zero attached hydrogens (tertiary/aromatic N) is 3. The summed E-state index contributed by atoms with van der Waals surface area (Å²) in [6.45, 7) is 2.20. The number of hydrogen-bond donors (Lipinski definition) is 2. The summed E-state index contributed by atoms with van der Waals surface area (Å²) in [6.07, 6.45) is 2.95. The molecule has 0 unspecified atom stereocenters. The van der Waals surface area contributed by atoms with Crippen LogP contribution in [0.15, 0.2) is 60.0 Å². The largest absolute Gasteiger partial charge is 0.489 e. The number of carbonyl (C=O) groups excluding carboxylic acids is 1. The first-order valence-corrected chi connectivity index (χ1v) is 10.5. The van der Waals surface area contributed by atoms with E-state index in [0.29, 0.717) is 38.3 Å². The van der Waals surface area contributed by atoms with Crippen molar-refractivity contribution in [1.29, 1.82) is 0 Å². The molecule has 4 aromatic rings. The molecule has 0 aliphatic carbocycles. The topological polar surface area (TPSA) is 102 Å². The fraction of sp³-hybridized carbons (Fsp3) is 0.0909. The molecule has 0 atom stereocenters. The monoisotopic (exact) mass is 451 g/mol. The second kappa shape index (κ2) is 9.11. The highest BCUT2D eigenvalue weighted by molar-refractivity contribution is 7.20. The average Bonchev–Trinajstić information content (AvgIpc) is 3.12. The number of nitrogens with two attached hydrogens (primary N) is 1. The third-order valence-corrected chi connectivity index (χ3v) is 6.14. The summed E-state index contributed by atoms with van der Waals surface area (Å²) < 4.78 is 5.76. The van der Waals surface area contributed by atoms with Crippen molar-refractivity contribution in [2.24, 2.45) is 5.10 Å². The summed E-state index contributed by atoms with van der Waals surface area (Å²) in [7, 11) is 0. The van der Waals surface area contributed by atoms with Crippen molar-refractivity contribution in [2.45, 2.75) is 13.5 Å². The van der Waals surface area contributed by atoms with Crippen LogP contribution in [0.5, 0.6) is 5.75 Å². The van der Waals surface area contributed by atoms with E-state index >= 15 is 0 Å². The van der Waals surface area contributed by atoms with Gasteiger partial charge in [0.15, 0.2) is 0 Å². The van der Waals surface area contributed by atoms with Gasteiger partial charge in [0, 0.05) is 10.6 Å². The van der Waals surface area contributed by atoms with Gasteiger partial charge >= 0.3 is 0 Å². The zero-order valence-electron chi connectivity index (χ0n) is 16.5. The van der Waals surface area contributed by atoms with Gasteiger partial charge in [-0.25, -0.2) is 15.4 Å². The van der Waals surface area contributed by atoms with E-state index in [0.717, 1.165) is 16.7 Å². The normalized spacial score (nSPS) is 11.2. The molecule has 2 heterocycles. The van der Waals surface area contributed by atoms with Crippen molar-refractivity contribution in [3.05, 3.63) is 81.4 Å². The molecule has 2 aromatic carbocycles. The molecule has 0 saturated carbocycles. The van der Waals surface area contributed by atoms with Gasteiger partial charge in [0.05, 0.1) is 16.5 Å². The van der Waals surface area contributed by atoms with Gasteiger partial charge in [0.2, 0.25) is 0 Å². The number of nitrogen functional groups attached to an aromatic ring is 1. The Bertz CT molecular complexity index is 1270. The number of carbonyl (C=O) groups is 1. The van der Waals surface area contributed by atoms with Crippen molar-refractivity contribution < 1.29 is 9.53 Å². The zero-order valence-corrected chi connectivity index (χ0v) is 18.1. The SMILES string of the molecule is Cc1c(C(=O)N/N=C\c2ccc(OCc3ccccc3Cl)cc2)sc2ncnc(N)c12. The van der Waals surface area contributed by atoms with Crippen LogP contribution >= 0.6 is 22.9 Å². The second-order valence-electron chi connectivity index (χ2n) is 6.64. The Kier molecular flexibility index (Phi) is 6.11. The summed E-state index contributed by atoms with van der Waals surface area (Å²) in [5.74, 6) is 0.745. The molecule has 0 fully saturated rings. The molecule has 31 heavy (non-hydrogen) atoms. The standard InChI is InChI=1S/C22H18ClN5O2S/c1-13-18-20(24)25-12-26-22(18)31-19(13)21(29)28-27-10-14-6-8-16(9-7-14)30-11-15-4-2-3-5-17(15)23/h2-10,12H,11H2,1H3,(H,28,29)(H2,24,25,26)/b27-10-. The molecule has 0 spiro atoms. The van der Waals surface area contributed by atoms with Gasteiger partial charge < -0.3 is 10.5 Å². The molecule has 2 aromatic heterocycles. The van der Waals surface area contributed by atoms with Crippen LogP contribution in [0.3, 0.4) is 0 Å². The maximum atomic E-state index is 12.5. The number of hydrogen-bond acceptors (Lipinski definition) is 7. The lowest BCUT2D eigenvalue weighted by Gasteiger charge is -2.07. The Morgan fingerprint density at radius 3 is 2.74 bits per heavy atom. The van der Waals surface area contributed by atoms with Gasteiger partial charge in [-0.2, -0.15) is 5.10 Å². The van der Waals surface area contributed by atoms with Crippen LogP contribution in [0.4, 0.5) is 5.82 Å². The van der Waals surface area contributed by atoms with Crippen molar-refractivity contribution in [1.82, 2.24) is 15.4 Å². The van der Waals surface area contributed by atoms with E-state index in [1.807, 2.05) is 55.5 Å². The number of thiophene rings is 1. The summed E-state index contributed by atoms with van der Waals surface area (Å²) >= 11 is 7.40. The van der Waals surface area contributed by atoms with Crippen LogP contribution in [0.25, 0.3) is 10.2 Å². The van der Waals surface area contributed by atoms with Crippen molar-refractivity contribution in [3.63, 3.8) is 0 Å². The number of benzene rings is 2. The average molecular weight is 452 g/mol. The molecule has 1 amide bonds. The predicted octanol–water partition coefficient (Wildman–Crippen LogP) is 4.58. The van der Waals surface area contributed by atoms with Gasteiger partial charge in [-0.15, -0.1) is 11.3 Å². The highest BCUT2D eigenvalue weighted by Gasteiger charge is 2.17. The number of hydrazone groups is 1. The first-order valence-electron chi connectivity index (χ1n) is 9.32. The van der Waals surface area contributed by atoms with E-state index in [1.54, 1.807) is 6.21 Å². The number of fused-ring (bicyclic) bond motifs is 1. The van der Waals surface area contributed by atoms with Crippen LogP contribution in [-0.2, 0) is 6.61 Å². The molecule has 0 radical (unpaired) electrons. The Hall–Kier alpha value is -3.49. The quantitative estimate of drug-likeness (QED) is 0.330. The maximum Gasteiger partial charge on any atom is 0.281 e. The molecule has 0 bridgehead atoms. The van der Waals surface area contributed by atoms with Crippen molar-refractivity contribution >= 4 is 51.1 Å². The highest BCUT2D eigenvalue weighted by Crippen LogP contribution is 2.31. The first kappa shape index (κ1) is 20.8. The fourth-order valence-corrected chi connectivity index (χ4v) is 4.20. The van der Waals surface area contributed by atoms with Crippen molar-refractivity contribution in [2.75, 3.05) is 5.73 Å². The van der Waals surface area contributed by atoms with Gasteiger partial charge in [0.1, 0.15) is 29.3 Å². The molecule has 4 rings (SSSR count). The lowest BCUT2D eigenvalue weighted by Crippen LogP contribution is -2.17. The Morgan fingerprint density at radius 1 is 1.23 bits per heavy atom. The highest BCUT2D eigenvalue weighted by atomic mass is 35.5. The van der Waals surface area contributed by atoms with Crippen LogP contribution in [0.2, 0.25) is 5.02 Å². The van der Waals surface area contributed by atoms with E-state index in [9.17, 15) is 4.79 Å². The molecule has 0 aliphatic rings. The minimum atomic E-state index is -0.323. The summed E-state index contributed by atoms with van der Waals surface area (Å²) in [5, 5.41) is 5.42. The third kappa shape index (κ3) is 4.65. The molecular formula is C22H18ClN5O2S. The molecule has 9 heteroatoms. The third-order valence-electron chi connectivity index (χ3n) is 4.57. The van der Waals surface area contributed by atoms with E-state index in [-0.39, 0.29) is 5.91 Å². The zero-order chi connectivity index (χ0) is 21.8. The molecule has 0 aliphatic heterocycles. The smallest absolute Gasteiger partial charge is 0.281 e. The number of anilines is 1. The number of rotatable bonds is 6. The number of ether oxygens (including phenoxy) is 1. The van der Waals surface area contributed by atoms with Gasteiger partial charge in [-0.05, 0) is 48.4 Å². The second-order valence-corrected chi connectivity index (χ2v) is 8.05.